The van der Waals surface area contributed by atoms with Crippen LogP contribution in [-0.4, -0.2) is 37.3 Å². The van der Waals surface area contributed by atoms with Crippen LogP contribution in [0.4, 0.5) is 14.5 Å². The number of anilines is 1. The molecule has 1 atom stereocenters. The quantitative estimate of drug-likeness (QED) is 0.422. The summed E-state index contributed by atoms with van der Waals surface area (Å²) >= 11 is 0. The molecule has 0 spiro atoms. The number of fused-ring (bicyclic) bond motifs is 2. The number of nitrogens with one attached hydrogen (secondary N) is 1. The molecule has 1 saturated heterocycles. The summed E-state index contributed by atoms with van der Waals surface area (Å²) in [5.74, 6) is -1.18. The van der Waals surface area contributed by atoms with Crippen LogP contribution in [0.2, 0.25) is 0 Å². The SMILES string of the molecule is O=C(NS(=O)(=O)c1ccc2c(c1)OCO2)c1cnn2ccc(N3CCCC3c3cc(F)ccc3F)cc12. The highest BCUT2D eigenvalue weighted by Crippen LogP contribution is 2.38. The molecule has 2 aromatic carbocycles. The highest BCUT2D eigenvalue weighted by Gasteiger charge is 2.30. The molecule has 9 nitrogen and oxygen atoms in total. The Morgan fingerprint density at radius 3 is 2.76 bits per heavy atom. The van der Waals surface area contributed by atoms with Crippen LogP contribution in [-0.2, 0) is 10.0 Å². The second kappa shape index (κ2) is 8.73. The Morgan fingerprint density at radius 1 is 1.05 bits per heavy atom. The Hall–Kier alpha value is -4.19. The van der Waals surface area contributed by atoms with Crippen molar-refractivity contribution in [2.75, 3.05) is 18.2 Å². The van der Waals surface area contributed by atoms with E-state index >= 15 is 0 Å². The molecule has 4 heterocycles. The van der Waals surface area contributed by atoms with Crippen LogP contribution in [0.15, 0.2) is 65.8 Å². The molecule has 0 radical (unpaired) electrons. The van der Waals surface area contributed by atoms with Crippen molar-refractivity contribution in [3.05, 3.63) is 83.7 Å². The number of halogens is 2. The molecule has 37 heavy (non-hydrogen) atoms. The van der Waals surface area contributed by atoms with E-state index in [1.54, 1.807) is 18.3 Å². The van der Waals surface area contributed by atoms with Crippen molar-refractivity contribution in [2.24, 2.45) is 0 Å². The molecule has 1 N–H and O–H groups in total. The lowest BCUT2D eigenvalue weighted by molar-refractivity contribution is 0.0983. The van der Waals surface area contributed by atoms with Crippen LogP contribution >= 0.6 is 0 Å². The summed E-state index contributed by atoms with van der Waals surface area (Å²) < 4.78 is 68.1. The largest absolute Gasteiger partial charge is 0.454 e. The van der Waals surface area contributed by atoms with Crippen molar-refractivity contribution < 1.29 is 31.5 Å². The average Bonchev–Trinajstić information content (AvgIpc) is 3.63. The molecular formula is C25H20F2N4O5S. The molecule has 190 valence electrons. The van der Waals surface area contributed by atoms with Crippen molar-refractivity contribution in [3.8, 4) is 11.5 Å². The third kappa shape index (κ3) is 4.12. The number of carbonyl (C=O) groups is 1. The lowest BCUT2D eigenvalue weighted by atomic mass is 10.0. The van der Waals surface area contributed by atoms with Crippen LogP contribution in [0.5, 0.6) is 11.5 Å². The first-order valence-electron chi connectivity index (χ1n) is 11.5. The monoisotopic (exact) mass is 526 g/mol. The average molecular weight is 527 g/mol. The minimum Gasteiger partial charge on any atom is -0.454 e. The number of rotatable bonds is 5. The fraction of sp³-hybridized carbons (Fsp3) is 0.200. The Bertz CT molecular complexity index is 1660. The van der Waals surface area contributed by atoms with E-state index in [0.717, 1.165) is 18.6 Å². The van der Waals surface area contributed by atoms with Crippen LogP contribution in [0.1, 0.15) is 34.8 Å². The number of pyridine rings is 1. The van der Waals surface area contributed by atoms with Gasteiger partial charge in [-0.1, -0.05) is 0 Å². The second-order valence-corrected chi connectivity index (χ2v) is 10.4. The van der Waals surface area contributed by atoms with Gasteiger partial charge in [0, 0.05) is 30.1 Å². The van der Waals surface area contributed by atoms with E-state index in [4.69, 9.17) is 9.47 Å². The maximum Gasteiger partial charge on any atom is 0.268 e. The Morgan fingerprint density at radius 2 is 1.89 bits per heavy atom. The zero-order valence-corrected chi connectivity index (χ0v) is 20.0. The van der Waals surface area contributed by atoms with E-state index in [9.17, 15) is 22.0 Å². The number of benzene rings is 2. The summed E-state index contributed by atoms with van der Waals surface area (Å²) in [6, 6.07) is 10.5. The number of carbonyl (C=O) groups excluding carboxylic acids is 1. The third-order valence-corrected chi connectivity index (χ3v) is 7.86. The molecule has 0 bridgehead atoms. The molecule has 1 amide bonds. The van der Waals surface area contributed by atoms with Crippen molar-refractivity contribution in [1.82, 2.24) is 14.3 Å². The summed E-state index contributed by atoms with van der Waals surface area (Å²) in [4.78, 5) is 14.8. The van der Waals surface area contributed by atoms with Crippen LogP contribution in [0, 0.1) is 11.6 Å². The molecule has 0 saturated carbocycles. The van der Waals surface area contributed by atoms with E-state index in [2.05, 4.69) is 9.82 Å². The highest BCUT2D eigenvalue weighted by atomic mass is 32.2. The Balaban J connectivity index is 1.30. The molecule has 6 rings (SSSR count). The normalized spacial score (nSPS) is 16.9. The predicted molar refractivity (Wildman–Crippen MR) is 128 cm³/mol. The standard InChI is InChI=1S/C25H20F2N4O5S/c26-15-3-5-20(27)18(10-15)21-2-1-8-30(21)16-7-9-31-22(11-16)19(13-28-31)25(32)29-37(33,34)17-4-6-23-24(12-17)36-14-35-23/h3-7,9-13,21H,1-2,8,14H2,(H,29,32). The van der Waals surface area contributed by atoms with E-state index in [-0.39, 0.29) is 34.6 Å². The second-order valence-electron chi connectivity index (χ2n) is 8.74. The molecular weight excluding hydrogens is 506 g/mol. The fourth-order valence-electron chi connectivity index (χ4n) is 4.77. The molecule has 2 aliphatic heterocycles. The molecule has 2 aliphatic rings. The molecule has 12 heteroatoms. The lowest BCUT2D eigenvalue weighted by Gasteiger charge is -2.27. The first-order chi connectivity index (χ1) is 17.8. The predicted octanol–water partition coefficient (Wildman–Crippen LogP) is 3.80. The number of hydrogen-bond acceptors (Lipinski definition) is 7. The highest BCUT2D eigenvalue weighted by molar-refractivity contribution is 7.90. The van der Waals surface area contributed by atoms with E-state index in [1.165, 1.54) is 35.0 Å². The Labute approximate surface area is 210 Å². The van der Waals surface area contributed by atoms with Crippen LogP contribution in [0.25, 0.3) is 5.52 Å². The van der Waals surface area contributed by atoms with Gasteiger partial charge < -0.3 is 14.4 Å². The number of sulfonamides is 1. The van der Waals surface area contributed by atoms with Crippen molar-refractivity contribution in [2.45, 2.75) is 23.8 Å². The van der Waals surface area contributed by atoms with Crippen molar-refractivity contribution in [1.29, 1.82) is 0 Å². The van der Waals surface area contributed by atoms with Gasteiger partial charge in [0.05, 0.1) is 28.2 Å². The van der Waals surface area contributed by atoms with Gasteiger partial charge in [-0.25, -0.2) is 26.4 Å². The third-order valence-electron chi connectivity index (χ3n) is 6.53. The van der Waals surface area contributed by atoms with Gasteiger partial charge in [-0.15, -0.1) is 0 Å². The van der Waals surface area contributed by atoms with E-state index in [1.807, 2.05) is 4.90 Å². The van der Waals surface area contributed by atoms with E-state index < -0.39 is 27.6 Å². The van der Waals surface area contributed by atoms with Gasteiger partial charge in [-0.3, -0.25) is 4.79 Å². The number of amides is 1. The van der Waals surface area contributed by atoms with Gasteiger partial charge in [0.2, 0.25) is 6.79 Å². The zero-order valence-electron chi connectivity index (χ0n) is 19.2. The summed E-state index contributed by atoms with van der Waals surface area (Å²) in [5, 5.41) is 4.16. The minimum atomic E-state index is -4.21. The van der Waals surface area contributed by atoms with Gasteiger partial charge in [-0.2, -0.15) is 5.10 Å². The van der Waals surface area contributed by atoms with Gasteiger partial charge in [0.15, 0.2) is 11.5 Å². The number of nitrogens with zero attached hydrogens (tertiary/aromatic N) is 3. The van der Waals surface area contributed by atoms with Crippen LogP contribution in [0.3, 0.4) is 0 Å². The molecule has 2 aromatic heterocycles. The zero-order chi connectivity index (χ0) is 25.7. The van der Waals surface area contributed by atoms with E-state index in [0.29, 0.717) is 29.9 Å². The smallest absolute Gasteiger partial charge is 0.268 e. The fourth-order valence-corrected chi connectivity index (χ4v) is 5.75. The number of aromatic nitrogens is 2. The summed E-state index contributed by atoms with van der Waals surface area (Å²) in [7, 11) is -4.21. The van der Waals surface area contributed by atoms with Crippen molar-refractivity contribution >= 4 is 27.1 Å². The first-order valence-corrected chi connectivity index (χ1v) is 12.9. The minimum absolute atomic E-state index is 0.0142. The summed E-state index contributed by atoms with van der Waals surface area (Å²) in [6.45, 7) is 0.588. The topological polar surface area (TPSA) is 102 Å². The molecule has 1 fully saturated rings. The maximum atomic E-state index is 14.5. The maximum absolute atomic E-state index is 14.5. The van der Waals surface area contributed by atoms with Crippen molar-refractivity contribution in [3.63, 3.8) is 0 Å². The lowest BCUT2D eigenvalue weighted by Crippen LogP contribution is -2.30. The number of ether oxygens (including phenoxy) is 2. The molecule has 1 unspecified atom stereocenters. The summed E-state index contributed by atoms with van der Waals surface area (Å²) in [5.41, 5.74) is 1.34. The number of hydrogen-bond donors (Lipinski definition) is 1. The first kappa shape index (κ1) is 23.2. The summed E-state index contributed by atoms with van der Waals surface area (Å²) in [6.07, 6.45) is 4.31. The molecule has 4 aromatic rings. The van der Waals surface area contributed by atoms with Gasteiger partial charge >= 0.3 is 0 Å². The van der Waals surface area contributed by atoms with Gasteiger partial charge in [-0.05, 0) is 55.3 Å². The van der Waals surface area contributed by atoms with Gasteiger partial charge in [0.25, 0.3) is 15.9 Å². The Kier molecular flexibility index (Phi) is 5.48. The van der Waals surface area contributed by atoms with Crippen LogP contribution < -0.4 is 19.1 Å². The molecule has 0 aliphatic carbocycles. The van der Waals surface area contributed by atoms with Gasteiger partial charge in [0.1, 0.15) is 11.6 Å².